The minimum atomic E-state index is -1.39. The van der Waals surface area contributed by atoms with E-state index >= 15 is 0 Å². The van der Waals surface area contributed by atoms with Gasteiger partial charge in [0.1, 0.15) is 47.9 Å². The summed E-state index contributed by atoms with van der Waals surface area (Å²) in [6, 6.07) is 0. The predicted octanol–water partition coefficient (Wildman–Crippen LogP) is -2.58. The summed E-state index contributed by atoms with van der Waals surface area (Å²) in [5, 5.41) is 101. The second-order valence-electron chi connectivity index (χ2n) is 21.7. The summed E-state index contributed by atoms with van der Waals surface area (Å²) in [5.74, 6) is -3.24. The van der Waals surface area contributed by atoms with Gasteiger partial charge in [0.05, 0.1) is 91.0 Å². The molecule has 0 saturated carbocycles. The number of hydrogen-bond donors (Lipinski definition) is 13. The lowest BCUT2D eigenvalue weighted by Gasteiger charge is -2.40. The van der Waals surface area contributed by atoms with Gasteiger partial charge >= 0.3 is 0 Å². The van der Waals surface area contributed by atoms with Crippen LogP contribution in [-0.4, -0.2) is 254 Å². The molecule has 13 N–H and O–H groups in total. The summed E-state index contributed by atoms with van der Waals surface area (Å²) in [6.45, 7) is 7.69. The van der Waals surface area contributed by atoms with Crippen molar-refractivity contribution in [2.75, 3.05) is 98.9 Å². The molecule has 472 valence electrons. The van der Waals surface area contributed by atoms with Crippen LogP contribution in [0.25, 0.3) is 0 Å². The van der Waals surface area contributed by atoms with Gasteiger partial charge in [-0.2, -0.15) is 0 Å². The van der Waals surface area contributed by atoms with Crippen molar-refractivity contribution < 1.29 is 113 Å². The monoisotopic (exact) mass is 1170 g/mol. The Morgan fingerprint density at radius 3 is 1.14 bits per heavy atom. The zero-order valence-electron chi connectivity index (χ0n) is 48.1. The van der Waals surface area contributed by atoms with E-state index in [1.54, 1.807) is 34.6 Å². The third-order valence-electron chi connectivity index (χ3n) is 14.5. The van der Waals surface area contributed by atoms with Crippen molar-refractivity contribution in [3.63, 3.8) is 0 Å². The van der Waals surface area contributed by atoms with Crippen LogP contribution in [0.5, 0.6) is 0 Å². The highest BCUT2D eigenvalue weighted by Crippen LogP contribution is 2.29. The van der Waals surface area contributed by atoms with Gasteiger partial charge in [-0.15, -0.1) is 0 Å². The zero-order valence-corrected chi connectivity index (χ0v) is 48.1. The molecule has 3 saturated heterocycles. The number of hydrogen-bond acceptors (Lipinski definition) is 23. The van der Waals surface area contributed by atoms with Crippen LogP contribution in [0.15, 0.2) is 0 Å². The molecular weight excluding hydrogens is 1070 g/mol. The first-order valence-corrected chi connectivity index (χ1v) is 28.8. The Kier molecular flexibility index (Phi) is 35.1. The van der Waals surface area contributed by atoms with Crippen molar-refractivity contribution in [2.45, 2.75) is 191 Å². The molecule has 0 spiro atoms. The molecule has 0 radical (unpaired) electrons. The number of unbranched alkanes of at least 4 members (excludes halogenated alkanes) is 3. The highest BCUT2D eigenvalue weighted by Gasteiger charge is 2.45. The second-order valence-corrected chi connectivity index (χ2v) is 21.7. The highest BCUT2D eigenvalue weighted by molar-refractivity contribution is 5.82. The van der Waals surface area contributed by atoms with Gasteiger partial charge in [-0.3, -0.25) is 24.0 Å². The summed E-state index contributed by atoms with van der Waals surface area (Å²) in [6.07, 6.45) is -8.62. The molecule has 3 aliphatic rings. The molecule has 0 aromatic heterocycles. The van der Waals surface area contributed by atoms with Gasteiger partial charge in [0.2, 0.25) is 23.6 Å². The molecular formula is C54H98N4O23. The summed E-state index contributed by atoms with van der Waals surface area (Å²) in [5.41, 5.74) is -1.39. The second kappa shape index (κ2) is 39.4. The highest BCUT2D eigenvalue weighted by atomic mass is 16.7. The fourth-order valence-electron chi connectivity index (χ4n) is 9.10. The molecule has 4 amide bonds. The van der Waals surface area contributed by atoms with E-state index in [-0.39, 0.29) is 134 Å². The molecule has 0 aromatic rings. The van der Waals surface area contributed by atoms with E-state index in [1.165, 1.54) is 0 Å². The lowest BCUT2D eigenvalue weighted by Crippen LogP contribution is -2.58. The summed E-state index contributed by atoms with van der Waals surface area (Å²) < 4.78 is 52.0. The maximum Gasteiger partial charge on any atom is 0.222 e. The molecule has 3 heterocycles. The first-order valence-electron chi connectivity index (χ1n) is 28.8. The Morgan fingerprint density at radius 2 is 0.778 bits per heavy atom. The van der Waals surface area contributed by atoms with E-state index in [1.807, 2.05) is 0 Å². The number of ether oxygens (including phenoxy) is 9. The molecule has 0 aromatic carbocycles. The van der Waals surface area contributed by atoms with E-state index in [2.05, 4.69) is 21.3 Å². The number of rotatable bonds is 42. The fourth-order valence-corrected chi connectivity index (χ4v) is 9.10. The SMILES string of the molecule is CC(C)C(=O)CCCC(=O)NC(COCCC(=O)NCCCCCCO[C@@H]1OC(CO)[C@H](O)[C@H](O)C1C)(COCCC(=O)NCCCO[C@@H]1OC(CO)[C@H](O)[C@H](O)C1C)COCCC(=O)NCCCO[C@@H]1OC(CO)[C@H](O)[C@H](O)C1C. The third-order valence-corrected chi connectivity index (χ3v) is 14.5. The predicted molar refractivity (Wildman–Crippen MR) is 286 cm³/mol. The Bertz CT molecular complexity index is 1720. The molecule has 0 aliphatic carbocycles. The number of aliphatic hydroxyl groups is 9. The van der Waals surface area contributed by atoms with Crippen LogP contribution in [0.1, 0.15) is 112 Å². The molecule has 0 bridgehead atoms. The maximum atomic E-state index is 13.6. The number of amides is 4. The van der Waals surface area contributed by atoms with Gasteiger partial charge in [0.25, 0.3) is 0 Å². The van der Waals surface area contributed by atoms with Gasteiger partial charge in [0.15, 0.2) is 18.9 Å². The topological polar surface area (TPSA) is 399 Å². The quantitative estimate of drug-likeness (QED) is 0.0279. The number of Topliss-reactive ketones (excluding diaryl/α,β-unsaturated/α-hetero) is 1. The van der Waals surface area contributed by atoms with E-state index in [0.717, 1.165) is 12.8 Å². The Hall–Kier alpha value is -3.17. The number of aliphatic hydroxyl groups excluding tert-OH is 9. The number of carbonyl (C=O) groups excluding carboxylic acids is 5. The van der Waals surface area contributed by atoms with E-state index in [0.29, 0.717) is 38.8 Å². The molecule has 27 nitrogen and oxygen atoms in total. The fraction of sp³-hybridized carbons (Fsp3) is 0.907. The van der Waals surface area contributed by atoms with Crippen LogP contribution < -0.4 is 21.3 Å². The smallest absolute Gasteiger partial charge is 0.222 e. The molecule has 3 rings (SSSR count). The van der Waals surface area contributed by atoms with Gasteiger partial charge < -0.3 is 110 Å². The van der Waals surface area contributed by atoms with Gasteiger partial charge in [-0.25, -0.2) is 0 Å². The normalized spacial score (nSPS) is 29.4. The molecule has 81 heavy (non-hydrogen) atoms. The lowest BCUT2D eigenvalue weighted by molar-refractivity contribution is -0.282. The standard InChI is InChI=1S/C54H98N4O23/c1-33(2)37(62)13-10-14-44(66)58-54(31-74-25-16-42(64)56-19-11-22-77-52-35(4)46(68)49(71)39(28-60)80-52,32-75-26-17-43(65)57-20-12-23-78-53-36(5)47(69)50(72)40(29-61)81-53)30-73-24-15-41(63)55-18-8-6-7-9-21-76-51-34(3)45(67)48(70)38(27-59)79-51/h33-36,38-40,45-53,59-61,67-72H,6-32H2,1-5H3,(H,55,63)(H,56,64)(H,57,65)(H,58,66)/t34?,35?,36?,38?,39?,40?,45-,46-,47-,48+,49+,50+,51-,52-,53-,54?/m1/s1. The number of carbonyl (C=O) groups is 5. The van der Waals surface area contributed by atoms with Gasteiger partial charge in [-0.1, -0.05) is 47.5 Å². The molecule has 3 aliphatic heterocycles. The van der Waals surface area contributed by atoms with Crippen molar-refractivity contribution >= 4 is 29.4 Å². The molecule has 27 heteroatoms. The summed E-state index contributed by atoms with van der Waals surface area (Å²) >= 11 is 0. The zero-order chi connectivity index (χ0) is 59.9. The van der Waals surface area contributed by atoms with Crippen LogP contribution >= 0.6 is 0 Å². The van der Waals surface area contributed by atoms with Crippen molar-refractivity contribution in [3.05, 3.63) is 0 Å². The van der Waals surface area contributed by atoms with Crippen molar-refractivity contribution in [1.29, 1.82) is 0 Å². The molecule has 15 atom stereocenters. The largest absolute Gasteiger partial charge is 0.394 e. The van der Waals surface area contributed by atoms with Gasteiger partial charge in [-0.05, 0) is 32.1 Å². The molecule has 6 unspecified atom stereocenters. The van der Waals surface area contributed by atoms with Crippen LogP contribution in [-0.2, 0) is 66.6 Å². The number of ketones is 1. The van der Waals surface area contributed by atoms with Gasteiger partial charge in [0, 0.05) is 82.0 Å². The lowest BCUT2D eigenvalue weighted by atomic mass is 9.92. The van der Waals surface area contributed by atoms with Crippen LogP contribution in [0, 0.1) is 23.7 Å². The minimum Gasteiger partial charge on any atom is -0.394 e. The Balaban J connectivity index is 1.54. The maximum absolute atomic E-state index is 13.6. The Morgan fingerprint density at radius 1 is 0.432 bits per heavy atom. The molecule has 3 fully saturated rings. The van der Waals surface area contributed by atoms with E-state index in [9.17, 15) is 69.9 Å². The van der Waals surface area contributed by atoms with E-state index in [4.69, 9.17) is 42.6 Å². The third kappa shape index (κ3) is 25.9. The Labute approximate surface area is 475 Å². The van der Waals surface area contributed by atoms with Crippen molar-refractivity contribution in [1.82, 2.24) is 21.3 Å². The summed E-state index contributed by atoms with van der Waals surface area (Å²) in [7, 11) is 0. The van der Waals surface area contributed by atoms with Crippen molar-refractivity contribution in [3.8, 4) is 0 Å². The van der Waals surface area contributed by atoms with Crippen LogP contribution in [0.4, 0.5) is 0 Å². The average molecular weight is 1170 g/mol. The van der Waals surface area contributed by atoms with Crippen LogP contribution in [0.2, 0.25) is 0 Å². The summed E-state index contributed by atoms with van der Waals surface area (Å²) in [4.78, 5) is 64.5. The average Bonchev–Trinajstić information content (AvgIpc) is 3.45. The minimum absolute atomic E-state index is 0.000968. The number of nitrogens with one attached hydrogen (secondary N) is 4. The van der Waals surface area contributed by atoms with Crippen LogP contribution in [0.3, 0.4) is 0 Å². The van der Waals surface area contributed by atoms with E-state index < -0.39 is 123 Å². The first kappa shape index (κ1) is 72.1. The van der Waals surface area contributed by atoms with Crippen molar-refractivity contribution in [2.24, 2.45) is 23.7 Å². The first-order chi connectivity index (χ1) is 38.7.